The third kappa shape index (κ3) is 3.33. The molecule has 3 heteroatoms. The first kappa shape index (κ1) is 10.5. The Hall–Kier alpha value is -0.590. The van der Waals surface area contributed by atoms with Gasteiger partial charge in [0, 0.05) is 19.2 Å². The van der Waals surface area contributed by atoms with Gasteiger partial charge in [-0.05, 0) is 26.7 Å². The first-order valence-electron chi connectivity index (χ1n) is 4.98. The summed E-state index contributed by atoms with van der Waals surface area (Å²) in [5.74, 6) is 0.0869. The maximum Gasteiger partial charge on any atom is 0.0726 e. The standard InChI is InChI=1S/C10H18N2O/c1-8(6-11)7-12-9(2)10-4-3-5-13-10/h8-10,12H,3-5,7H2,1-2H3. The van der Waals surface area contributed by atoms with E-state index >= 15 is 0 Å². The average molecular weight is 182 g/mol. The molecule has 74 valence electrons. The maximum absolute atomic E-state index is 8.59. The van der Waals surface area contributed by atoms with E-state index in [4.69, 9.17) is 10.00 Å². The van der Waals surface area contributed by atoms with Crippen LogP contribution in [0.3, 0.4) is 0 Å². The van der Waals surface area contributed by atoms with Crippen molar-refractivity contribution in [1.29, 1.82) is 5.26 Å². The van der Waals surface area contributed by atoms with Crippen molar-refractivity contribution >= 4 is 0 Å². The minimum atomic E-state index is 0.0869. The average Bonchev–Trinajstić information content (AvgIpc) is 2.66. The van der Waals surface area contributed by atoms with Gasteiger partial charge in [0.05, 0.1) is 18.1 Å². The van der Waals surface area contributed by atoms with Crippen molar-refractivity contribution in [2.24, 2.45) is 5.92 Å². The van der Waals surface area contributed by atoms with Gasteiger partial charge < -0.3 is 10.1 Å². The Morgan fingerprint density at radius 1 is 1.62 bits per heavy atom. The van der Waals surface area contributed by atoms with E-state index in [1.165, 1.54) is 6.42 Å². The van der Waals surface area contributed by atoms with Gasteiger partial charge in [-0.2, -0.15) is 5.26 Å². The fourth-order valence-electron chi connectivity index (χ4n) is 1.54. The molecule has 0 radical (unpaired) electrons. The molecule has 1 N–H and O–H groups in total. The molecule has 1 aliphatic rings. The first-order chi connectivity index (χ1) is 6.24. The van der Waals surface area contributed by atoms with Gasteiger partial charge in [-0.3, -0.25) is 0 Å². The van der Waals surface area contributed by atoms with Crippen LogP contribution in [0.4, 0.5) is 0 Å². The van der Waals surface area contributed by atoms with Crippen LogP contribution in [-0.4, -0.2) is 25.3 Å². The van der Waals surface area contributed by atoms with Crippen molar-refractivity contribution in [2.75, 3.05) is 13.2 Å². The lowest BCUT2D eigenvalue weighted by Crippen LogP contribution is -2.38. The molecular weight excluding hydrogens is 164 g/mol. The van der Waals surface area contributed by atoms with E-state index in [9.17, 15) is 0 Å². The number of hydrogen-bond donors (Lipinski definition) is 1. The molecule has 3 nitrogen and oxygen atoms in total. The van der Waals surface area contributed by atoms with Crippen LogP contribution in [0, 0.1) is 17.2 Å². The van der Waals surface area contributed by atoms with Crippen LogP contribution in [0.2, 0.25) is 0 Å². The zero-order valence-corrected chi connectivity index (χ0v) is 8.42. The van der Waals surface area contributed by atoms with Crippen LogP contribution < -0.4 is 5.32 Å². The van der Waals surface area contributed by atoms with Gasteiger partial charge in [-0.15, -0.1) is 0 Å². The predicted molar refractivity (Wildman–Crippen MR) is 51.2 cm³/mol. The summed E-state index contributed by atoms with van der Waals surface area (Å²) < 4.78 is 5.54. The molecule has 1 fully saturated rings. The van der Waals surface area contributed by atoms with Crippen LogP contribution in [0.5, 0.6) is 0 Å². The molecule has 0 aliphatic carbocycles. The predicted octanol–water partition coefficient (Wildman–Crippen LogP) is 1.30. The van der Waals surface area contributed by atoms with Gasteiger partial charge >= 0.3 is 0 Å². The molecule has 13 heavy (non-hydrogen) atoms. The minimum absolute atomic E-state index is 0.0869. The van der Waals surface area contributed by atoms with Crippen molar-refractivity contribution in [2.45, 2.75) is 38.8 Å². The van der Waals surface area contributed by atoms with Crippen LogP contribution in [0.15, 0.2) is 0 Å². The van der Waals surface area contributed by atoms with Crippen molar-refractivity contribution in [1.82, 2.24) is 5.32 Å². The van der Waals surface area contributed by atoms with Crippen molar-refractivity contribution < 1.29 is 4.74 Å². The number of nitriles is 1. The zero-order valence-electron chi connectivity index (χ0n) is 8.42. The number of rotatable bonds is 4. The molecule has 3 atom stereocenters. The second-order valence-electron chi connectivity index (χ2n) is 3.78. The van der Waals surface area contributed by atoms with Crippen LogP contribution in [0.25, 0.3) is 0 Å². The Kier molecular flexibility index (Phi) is 4.20. The number of nitrogens with one attached hydrogen (secondary N) is 1. The van der Waals surface area contributed by atoms with Gasteiger partial charge in [0.25, 0.3) is 0 Å². The molecule has 0 spiro atoms. The van der Waals surface area contributed by atoms with Crippen LogP contribution in [0.1, 0.15) is 26.7 Å². The molecule has 0 aromatic heterocycles. The summed E-state index contributed by atoms with van der Waals surface area (Å²) in [6.45, 7) is 5.71. The second-order valence-corrected chi connectivity index (χ2v) is 3.78. The maximum atomic E-state index is 8.59. The summed E-state index contributed by atoms with van der Waals surface area (Å²) in [4.78, 5) is 0. The van der Waals surface area contributed by atoms with E-state index in [1.807, 2.05) is 6.92 Å². The quantitative estimate of drug-likeness (QED) is 0.713. The second kappa shape index (κ2) is 5.21. The third-order valence-corrected chi connectivity index (χ3v) is 2.49. The normalized spacial score (nSPS) is 26.7. The topological polar surface area (TPSA) is 45.0 Å². The van der Waals surface area contributed by atoms with Crippen LogP contribution >= 0.6 is 0 Å². The molecule has 1 heterocycles. The first-order valence-corrected chi connectivity index (χ1v) is 4.98. The Bertz CT molecular complexity index is 182. The van der Waals surface area contributed by atoms with Gasteiger partial charge in [-0.25, -0.2) is 0 Å². The lowest BCUT2D eigenvalue weighted by Gasteiger charge is -2.20. The van der Waals surface area contributed by atoms with Gasteiger partial charge in [-0.1, -0.05) is 0 Å². The molecule has 0 bridgehead atoms. The molecular formula is C10H18N2O. The van der Waals surface area contributed by atoms with Gasteiger partial charge in [0.1, 0.15) is 0 Å². The van der Waals surface area contributed by atoms with E-state index in [0.717, 1.165) is 19.6 Å². The SMILES string of the molecule is CC(C#N)CNC(C)C1CCCO1. The van der Waals surface area contributed by atoms with E-state index in [-0.39, 0.29) is 5.92 Å². The lowest BCUT2D eigenvalue weighted by atomic mass is 10.1. The molecule has 0 aromatic carbocycles. The van der Waals surface area contributed by atoms with E-state index in [1.54, 1.807) is 0 Å². The Morgan fingerprint density at radius 2 is 2.38 bits per heavy atom. The van der Waals surface area contributed by atoms with Crippen molar-refractivity contribution in [3.63, 3.8) is 0 Å². The summed E-state index contributed by atoms with van der Waals surface area (Å²) in [5.41, 5.74) is 0. The smallest absolute Gasteiger partial charge is 0.0726 e. The summed E-state index contributed by atoms with van der Waals surface area (Å²) in [6, 6.07) is 2.58. The van der Waals surface area contributed by atoms with Crippen molar-refractivity contribution in [3.8, 4) is 6.07 Å². The van der Waals surface area contributed by atoms with Crippen LogP contribution in [-0.2, 0) is 4.74 Å². The summed E-state index contributed by atoms with van der Waals surface area (Å²) in [5, 5.41) is 11.9. The molecule has 1 aliphatic heterocycles. The molecule has 0 saturated carbocycles. The number of nitrogens with zero attached hydrogens (tertiary/aromatic N) is 1. The van der Waals surface area contributed by atoms with E-state index < -0.39 is 0 Å². The molecule has 0 amide bonds. The fraction of sp³-hybridized carbons (Fsp3) is 0.900. The lowest BCUT2D eigenvalue weighted by molar-refractivity contribution is 0.0832. The fourth-order valence-corrected chi connectivity index (χ4v) is 1.54. The van der Waals surface area contributed by atoms with Crippen molar-refractivity contribution in [3.05, 3.63) is 0 Å². The molecule has 3 unspecified atom stereocenters. The molecule has 0 aromatic rings. The summed E-state index contributed by atoms with van der Waals surface area (Å²) in [6.07, 6.45) is 2.67. The highest BCUT2D eigenvalue weighted by Crippen LogP contribution is 2.15. The minimum Gasteiger partial charge on any atom is -0.377 e. The monoisotopic (exact) mass is 182 g/mol. The van der Waals surface area contributed by atoms with Gasteiger partial charge in [0.15, 0.2) is 0 Å². The zero-order chi connectivity index (χ0) is 9.68. The van der Waals surface area contributed by atoms with Gasteiger partial charge in [0.2, 0.25) is 0 Å². The highest BCUT2D eigenvalue weighted by Gasteiger charge is 2.21. The summed E-state index contributed by atoms with van der Waals surface area (Å²) >= 11 is 0. The highest BCUT2D eigenvalue weighted by molar-refractivity contribution is 4.83. The largest absolute Gasteiger partial charge is 0.377 e. The summed E-state index contributed by atoms with van der Waals surface area (Å²) in [7, 11) is 0. The number of ether oxygens (including phenoxy) is 1. The number of hydrogen-bond acceptors (Lipinski definition) is 3. The Balaban J connectivity index is 2.17. The Labute approximate surface area is 80.1 Å². The van der Waals surface area contributed by atoms with E-state index in [0.29, 0.717) is 12.1 Å². The van der Waals surface area contributed by atoms with E-state index in [2.05, 4.69) is 18.3 Å². The third-order valence-electron chi connectivity index (χ3n) is 2.49. The Morgan fingerprint density at radius 3 is 2.92 bits per heavy atom. The highest BCUT2D eigenvalue weighted by atomic mass is 16.5. The molecule has 1 saturated heterocycles. The molecule has 1 rings (SSSR count).